The maximum atomic E-state index is 12.2. The minimum Gasteiger partial charge on any atom is -0.744 e. The molecule has 0 bridgehead atoms. The van der Waals surface area contributed by atoms with Gasteiger partial charge in [-0.05, 0) is 23.8 Å². The molecule has 118 valence electrons. The summed E-state index contributed by atoms with van der Waals surface area (Å²) in [4.78, 5) is 11.7. The molecule has 23 heavy (non-hydrogen) atoms. The molecule has 8 heteroatoms. The van der Waals surface area contributed by atoms with Crippen molar-refractivity contribution in [2.75, 3.05) is 10.7 Å². The van der Waals surface area contributed by atoms with E-state index >= 15 is 0 Å². The zero-order chi connectivity index (χ0) is 16.6. The van der Waals surface area contributed by atoms with Gasteiger partial charge in [-0.3, -0.25) is 4.79 Å². The van der Waals surface area contributed by atoms with E-state index in [0.717, 1.165) is 22.7 Å². The van der Waals surface area contributed by atoms with Crippen molar-refractivity contribution in [2.24, 2.45) is 5.10 Å². The van der Waals surface area contributed by atoms with Gasteiger partial charge in [0.2, 0.25) is 0 Å². The average Bonchev–Trinajstić information content (AvgIpc) is 2.89. The van der Waals surface area contributed by atoms with Gasteiger partial charge in [-0.15, -0.1) is 0 Å². The Bertz CT molecular complexity index is 908. The van der Waals surface area contributed by atoms with Gasteiger partial charge < -0.3 is 10.3 Å². The number of rotatable bonds is 3. The van der Waals surface area contributed by atoms with Crippen molar-refractivity contribution in [3.05, 3.63) is 54.1 Å². The second-order valence-electron chi connectivity index (χ2n) is 4.97. The number of hydrogen-bond acceptors (Lipinski definition) is 6. The molecule has 1 heterocycles. The Morgan fingerprint density at radius 2 is 1.83 bits per heavy atom. The zero-order valence-electron chi connectivity index (χ0n) is 11.8. The molecule has 0 fully saturated rings. The quantitative estimate of drug-likeness (QED) is 0.673. The monoisotopic (exact) mass is 330 g/mol. The summed E-state index contributed by atoms with van der Waals surface area (Å²) >= 11 is 0. The Morgan fingerprint density at radius 3 is 2.43 bits per heavy atom. The van der Waals surface area contributed by atoms with Crippen LogP contribution in [0.3, 0.4) is 0 Å². The number of amides is 1. The Balaban J connectivity index is 1.99. The lowest BCUT2D eigenvalue weighted by Crippen LogP contribution is -2.21. The Hall–Kier alpha value is -2.71. The van der Waals surface area contributed by atoms with Crippen LogP contribution >= 0.6 is 0 Å². The highest BCUT2D eigenvalue weighted by molar-refractivity contribution is 7.85. The van der Waals surface area contributed by atoms with Crippen LogP contribution in [0.2, 0.25) is 0 Å². The molecule has 3 rings (SSSR count). The van der Waals surface area contributed by atoms with Gasteiger partial charge >= 0.3 is 0 Å². The van der Waals surface area contributed by atoms with Crippen LogP contribution < -0.4 is 10.7 Å². The molecule has 7 nitrogen and oxygen atoms in total. The van der Waals surface area contributed by atoms with Gasteiger partial charge in [0.15, 0.2) is 0 Å². The Labute approximate surface area is 132 Å². The van der Waals surface area contributed by atoms with E-state index in [1.807, 2.05) is 30.3 Å². The fourth-order valence-corrected chi connectivity index (χ4v) is 2.80. The third kappa shape index (κ3) is 2.94. The van der Waals surface area contributed by atoms with Crippen molar-refractivity contribution in [2.45, 2.75) is 11.3 Å². The number of nitrogens with zero attached hydrogens (tertiary/aromatic N) is 2. The van der Waals surface area contributed by atoms with Gasteiger partial charge in [0.05, 0.1) is 28.4 Å². The van der Waals surface area contributed by atoms with Crippen molar-refractivity contribution in [3.63, 3.8) is 0 Å². The minimum atomic E-state index is -4.60. The maximum absolute atomic E-state index is 12.2. The van der Waals surface area contributed by atoms with E-state index in [1.165, 1.54) is 6.07 Å². The molecule has 2 aromatic carbocycles. The number of carbonyl (C=O) groups is 1. The fraction of sp³-hybridized carbons (Fsp3) is 0.0667. The van der Waals surface area contributed by atoms with E-state index in [2.05, 4.69) is 5.10 Å². The van der Waals surface area contributed by atoms with Crippen LogP contribution in [-0.4, -0.2) is 24.6 Å². The van der Waals surface area contributed by atoms with Gasteiger partial charge in [0, 0.05) is 0 Å². The van der Waals surface area contributed by atoms with Crippen molar-refractivity contribution < 1.29 is 17.8 Å². The smallest absolute Gasteiger partial charge is 0.253 e. The predicted molar refractivity (Wildman–Crippen MR) is 83.9 cm³/mol. The average molecular weight is 330 g/mol. The molecule has 2 aromatic rings. The summed E-state index contributed by atoms with van der Waals surface area (Å²) < 4.78 is 33.0. The lowest BCUT2D eigenvalue weighted by molar-refractivity contribution is -0.116. The standard InChI is InChI=1S/C15H13N3O4S/c16-12-8-11(23(20,21)22)6-7-14(12)18-15(19)9-13(17-18)10-4-2-1-3-5-10/h1-8H,9,16H2,(H,20,21,22)/p-1. The SMILES string of the molecule is Nc1cc(S(=O)(=O)[O-])ccc1N1N=C(c2ccccc2)CC1=O. The van der Waals surface area contributed by atoms with Gasteiger partial charge in [-0.25, -0.2) is 8.42 Å². The molecule has 0 spiro atoms. The Morgan fingerprint density at radius 1 is 1.13 bits per heavy atom. The van der Waals surface area contributed by atoms with Crippen LogP contribution in [-0.2, 0) is 14.9 Å². The zero-order valence-corrected chi connectivity index (χ0v) is 12.7. The molecule has 0 aromatic heterocycles. The third-order valence-electron chi connectivity index (χ3n) is 3.40. The number of hydrazone groups is 1. The summed E-state index contributed by atoms with van der Waals surface area (Å²) in [6.07, 6.45) is 0.116. The number of carbonyl (C=O) groups excluding carboxylic acids is 1. The normalized spacial score (nSPS) is 14.9. The first-order valence-corrected chi connectivity index (χ1v) is 8.08. The first kappa shape index (κ1) is 15.2. The van der Waals surface area contributed by atoms with E-state index in [1.54, 1.807) is 0 Å². The molecule has 1 amide bonds. The van der Waals surface area contributed by atoms with Gasteiger partial charge in [-0.2, -0.15) is 10.1 Å². The van der Waals surface area contributed by atoms with Crippen LogP contribution in [0.4, 0.5) is 11.4 Å². The maximum Gasteiger partial charge on any atom is 0.253 e. The summed E-state index contributed by atoms with van der Waals surface area (Å²) in [5.74, 6) is -0.284. The van der Waals surface area contributed by atoms with Crippen LogP contribution in [0.5, 0.6) is 0 Å². The van der Waals surface area contributed by atoms with Crippen molar-refractivity contribution in [1.82, 2.24) is 0 Å². The highest BCUT2D eigenvalue weighted by Crippen LogP contribution is 2.30. The van der Waals surface area contributed by atoms with E-state index in [-0.39, 0.29) is 23.7 Å². The number of benzene rings is 2. The largest absolute Gasteiger partial charge is 0.744 e. The molecule has 1 aliphatic rings. The fourth-order valence-electron chi connectivity index (χ4n) is 2.29. The molecule has 2 N–H and O–H groups in total. The highest BCUT2D eigenvalue weighted by atomic mass is 32.2. The number of nitrogens with two attached hydrogens (primary N) is 1. The number of nitrogen functional groups attached to an aromatic ring is 1. The number of hydrogen-bond donors (Lipinski definition) is 1. The first-order valence-electron chi connectivity index (χ1n) is 6.67. The molecule has 1 aliphatic heterocycles. The molecular formula is C15H12N3O4S-. The lowest BCUT2D eigenvalue weighted by Gasteiger charge is -2.16. The van der Waals surface area contributed by atoms with Crippen molar-refractivity contribution >= 4 is 33.1 Å². The topological polar surface area (TPSA) is 116 Å². The van der Waals surface area contributed by atoms with Crippen LogP contribution in [0.1, 0.15) is 12.0 Å². The summed E-state index contributed by atoms with van der Waals surface area (Å²) in [7, 11) is -4.60. The van der Waals surface area contributed by atoms with Gasteiger partial charge in [-0.1, -0.05) is 30.3 Å². The molecule has 0 aliphatic carbocycles. The summed E-state index contributed by atoms with van der Waals surface area (Å²) in [6.45, 7) is 0. The summed E-state index contributed by atoms with van der Waals surface area (Å²) in [5.41, 5.74) is 7.43. The minimum absolute atomic E-state index is 0.00617. The second-order valence-corrected chi connectivity index (χ2v) is 6.35. The highest BCUT2D eigenvalue weighted by Gasteiger charge is 2.27. The van der Waals surface area contributed by atoms with Crippen molar-refractivity contribution in [1.29, 1.82) is 0 Å². The molecule has 0 saturated carbocycles. The van der Waals surface area contributed by atoms with Crippen LogP contribution in [0.15, 0.2) is 58.5 Å². The summed E-state index contributed by atoms with van der Waals surface area (Å²) in [5, 5.41) is 5.38. The second kappa shape index (κ2) is 5.49. The van der Waals surface area contributed by atoms with Gasteiger partial charge in [0.25, 0.3) is 5.91 Å². The molecule has 0 atom stereocenters. The van der Waals surface area contributed by atoms with E-state index < -0.39 is 15.0 Å². The molecular weight excluding hydrogens is 318 g/mol. The van der Waals surface area contributed by atoms with Gasteiger partial charge in [0.1, 0.15) is 10.1 Å². The first-order chi connectivity index (χ1) is 10.9. The van der Waals surface area contributed by atoms with E-state index in [0.29, 0.717) is 5.71 Å². The predicted octanol–water partition coefficient (Wildman–Crippen LogP) is 1.31. The molecule has 0 unspecified atom stereocenters. The van der Waals surface area contributed by atoms with Crippen molar-refractivity contribution in [3.8, 4) is 0 Å². The lowest BCUT2D eigenvalue weighted by atomic mass is 10.1. The molecule has 0 radical (unpaired) electrons. The summed E-state index contributed by atoms with van der Waals surface area (Å²) in [6, 6.07) is 12.7. The van der Waals surface area contributed by atoms with E-state index in [4.69, 9.17) is 5.73 Å². The van der Waals surface area contributed by atoms with Crippen LogP contribution in [0, 0.1) is 0 Å². The number of anilines is 2. The van der Waals surface area contributed by atoms with E-state index in [9.17, 15) is 17.8 Å². The Kier molecular flexibility index (Phi) is 3.63. The van der Waals surface area contributed by atoms with Crippen LogP contribution in [0.25, 0.3) is 0 Å². The third-order valence-corrected chi connectivity index (χ3v) is 4.23. The molecule has 0 saturated heterocycles.